The molecule has 4 unspecified atom stereocenters. The van der Waals surface area contributed by atoms with Crippen molar-refractivity contribution in [2.45, 2.75) is 51.7 Å². The van der Waals surface area contributed by atoms with Crippen molar-refractivity contribution in [1.82, 2.24) is 4.67 Å². The molecule has 1 saturated carbocycles. The Morgan fingerprint density at radius 1 is 1.33 bits per heavy atom. The fraction of sp³-hybridized carbons (Fsp3) is 1.00. The average molecular weight is 229 g/mol. The van der Waals surface area contributed by atoms with Crippen LogP contribution in [0.2, 0.25) is 0 Å². The zero-order valence-electron chi connectivity index (χ0n) is 10.7. The van der Waals surface area contributed by atoms with Crippen LogP contribution in [0.4, 0.5) is 0 Å². The summed E-state index contributed by atoms with van der Waals surface area (Å²) in [5.41, 5.74) is 0.323. The van der Waals surface area contributed by atoms with Crippen LogP contribution in [0.5, 0.6) is 0 Å². The van der Waals surface area contributed by atoms with Gasteiger partial charge in [0.25, 0.3) is 0 Å². The van der Waals surface area contributed by atoms with Gasteiger partial charge in [-0.3, -0.25) is 4.67 Å². The molecule has 0 radical (unpaired) electrons. The first kappa shape index (κ1) is 11.8. The van der Waals surface area contributed by atoms with Crippen molar-refractivity contribution in [3.63, 3.8) is 0 Å². The summed E-state index contributed by atoms with van der Waals surface area (Å²) in [6.07, 6.45) is 4.51. The first-order valence-corrected chi connectivity index (χ1v) is 7.73. The molecule has 88 valence electrons. The maximum Gasteiger partial charge on any atom is 0.101 e. The Morgan fingerprint density at radius 3 is 2.67 bits per heavy atom. The molecular weight excluding hydrogens is 205 g/mol. The molecule has 3 heteroatoms. The van der Waals surface area contributed by atoms with Gasteiger partial charge in [-0.05, 0) is 46.3 Å². The maximum atomic E-state index is 6.20. The van der Waals surface area contributed by atoms with E-state index in [-0.39, 0.29) is 8.30 Å². The Kier molecular flexibility index (Phi) is 3.14. The first-order chi connectivity index (χ1) is 6.93. The van der Waals surface area contributed by atoms with Crippen LogP contribution in [0, 0.1) is 11.8 Å². The Labute approximate surface area is 95.3 Å². The Morgan fingerprint density at radius 2 is 2.00 bits per heavy atom. The second kappa shape index (κ2) is 3.98. The molecule has 0 amide bonds. The third-order valence-electron chi connectivity index (χ3n) is 4.51. The van der Waals surface area contributed by atoms with E-state index in [0.717, 1.165) is 11.8 Å². The van der Waals surface area contributed by atoms with Crippen molar-refractivity contribution in [3.05, 3.63) is 0 Å². The Balaban J connectivity index is 2.18. The second-order valence-electron chi connectivity index (χ2n) is 5.81. The van der Waals surface area contributed by atoms with Crippen molar-refractivity contribution in [1.29, 1.82) is 0 Å². The molecule has 1 heterocycles. The van der Waals surface area contributed by atoms with Crippen molar-refractivity contribution in [2.24, 2.45) is 11.8 Å². The highest BCUT2D eigenvalue weighted by Gasteiger charge is 2.48. The quantitative estimate of drug-likeness (QED) is 0.590. The molecule has 2 fully saturated rings. The number of hydrogen-bond donors (Lipinski definition) is 0. The van der Waals surface area contributed by atoms with Crippen LogP contribution in [0.25, 0.3) is 0 Å². The molecule has 0 bridgehead atoms. The minimum Gasteiger partial charge on any atom is -0.340 e. The highest BCUT2D eigenvalue weighted by molar-refractivity contribution is 7.49. The molecule has 0 aromatic carbocycles. The number of hydrogen-bond acceptors (Lipinski definition) is 2. The van der Waals surface area contributed by atoms with Gasteiger partial charge in [-0.25, -0.2) is 0 Å². The van der Waals surface area contributed by atoms with Crippen LogP contribution in [0.3, 0.4) is 0 Å². The smallest absolute Gasteiger partial charge is 0.101 e. The molecule has 0 N–H and O–H groups in total. The van der Waals surface area contributed by atoms with Gasteiger partial charge in [-0.2, -0.15) is 0 Å². The molecule has 0 aromatic rings. The minimum atomic E-state index is -0.370. The molecule has 1 saturated heterocycles. The van der Waals surface area contributed by atoms with Gasteiger partial charge in [-0.15, -0.1) is 0 Å². The summed E-state index contributed by atoms with van der Waals surface area (Å²) < 4.78 is 8.66. The molecule has 2 rings (SSSR count). The summed E-state index contributed by atoms with van der Waals surface area (Å²) >= 11 is 0. The zero-order valence-corrected chi connectivity index (χ0v) is 11.6. The lowest BCUT2D eigenvalue weighted by Gasteiger charge is -2.55. The predicted octanol–water partition coefficient (Wildman–Crippen LogP) is 3.47. The maximum absolute atomic E-state index is 6.20. The van der Waals surface area contributed by atoms with Crippen molar-refractivity contribution >= 4 is 8.30 Å². The van der Waals surface area contributed by atoms with Crippen LogP contribution < -0.4 is 0 Å². The molecule has 0 spiro atoms. The second-order valence-corrected chi connectivity index (χ2v) is 7.55. The van der Waals surface area contributed by atoms with E-state index in [2.05, 4.69) is 39.2 Å². The van der Waals surface area contributed by atoms with Crippen molar-refractivity contribution in [3.8, 4) is 0 Å². The van der Waals surface area contributed by atoms with Crippen LogP contribution >= 0.6 is 8.30 Å². The summed E-state index contributed by atoms with van der Waals surface area (Å²) in [7, 11) is 1.85. The van der Waals surface area contributed by atoms with Gasteiger partial charge in [0, 0.05) is 11.5 Å². The predicted molar refractivity (Wildman–Crippen MR) is 66.1 cm³/mol. The van der Waals surface area contributed by atoms with Gasteiger partial charge in [-0.1, -0.05) is 13.3 Å². The highest BCUT2D eigenvalue weighted by atomic mass is 31.2. The van der Waals surface area contributed by atoms with E-state index in [1.165, 1.54) is 19.3 Å². The zero-order chi connectivity index (χ0) is 11.2. The van der Waals surface area contributed by atoms with E-state index in [9.17, 15) is 0 Å². The third-order valence-corrected chi connectivity index (χ3v) is 6.44. The Hall–Kier alpha value is 0.350. The van der Waals surface area contributed by atoms with E-state index < -0.39 is 0 Å². The summed E-state index contributed by atoms with van der Waals surface area (Å²) in [4.78, 5) is 0. The first-order valence-electron chi connectivity index (χ1n) is 6.07. The van der Waals surface area contributed by atoms with E-state index in [1.807, 2.05) is 0 Å². The highest BCUT2D eigenvalue weighted by Crippen LogP contribution is 2.55. The molecular formula is C12H24NOP. The summed E-state index contributed by atoms with van der Waals surface area (Å²) in [5, 5.41) is 0. The standard InChI is InChI=1S/C12H24NOP/c1-9-6-7-10-11(8-9)14-15(5)13(4)12(10,2)3/h9-11H,6-8H2,1-5H3. The van der Waals surface area contributed by atoms with Gasteiger partial charge in [0.15, 0.2) is 0 Å². The van der Waals surface area contributed by atoms with E-state index in [1.54, 1.807) is 0 Å². The van der Waals surface area contributed by atoms with Crippen LogP contribution in [-0.2, 0) is 4.52 Å². The minimum absolute atomic E-state index is 0.323. The van der Waals surface area contributed by atoms with Crippen LogP contribution in [0.1, 0.15) is 40.0 Å². The molecule has 2 aliphatic rings. The van der Waals surface area contributed by atoms with E-state index in [0.29, 0.717) is 11.6 Å². The SMILES string of the molecule is CC1CCC2C(C1)OP(C)N(C)C2(C)C. The number of nitrogens with zero attached hydrogens (tertiary/aromatic N) is 1. The Bertz CT molecular complexity index is 244. The fourth-order valence-electron chi connectivity index (χ4n) is 3.12. The lowest BCUT2D eigenvalue weighted by atomic mass is 9.72. The number of fused-ring (bicyclic) bond motifs is 1. The molecule has 15 heavy (non-hydrogen) atoms. The van der Waals surface area contributed by atoms with Gasteiger partial charge < -0.3 is 4.52 Å². The largest absolute Gasteiger partial charge is 0.340 e. The third kappa shape index (κ3) is 1.97. The van der Waals surface area contributed by atoms with Crippen LogP contribution in [-0.4, -0.2) is 30.0 Å². The summed E-state index contributed by atoms with van der Waals surface area (Å²) in [6, 6.07) is 0. The summed E-state index contributed by atoms with van der Waals surface area (Å²) in [6.45, 7) is 9.39. The fourth-order valence-corrected chi connectivity index (χ4v) is 4.76. The topological polar surface area (TPSA) is 12.5 Å². The lowest BCUT2D eigenvalue weighted by Crippen LogP contribution is -2.55. The van der Waals surface area contributed by atoms with Crippen molar-refractivity contribution in [2.75, 3.05) is 13.7 Å². The van der Waals surface area contributed by atoms with Gasteiger partial charge >= 0.3 is 0 Å². The molecule has 0 aromatic heterocycles. The molecule has 1 aliphatic carbocycles. The monoisotopic (exact) mass is 229 g/mol. The van der Waals surface area contributed by atoms with Crippen molar-refractivity contribution < 1.29 is 4.52 Å². The molecule has 4 atom stereocenters. The number of rotatable bonds is 0. The summed E-state index contributed by atoms with van der Waals surface area (Å²) in [5.74, 6) is 1.59. The van der Waals surface area contributed by atoms with Gasteiger partial charge in [0.05, 0.1) is 6.10 Å². The van der Waals surface area contributed by atoms with Crippen LogP contribution in [0.15, 0.2) is 0 Å². The van der Waals surface area contributed by atoms with Gasteiger partial charge in [0.1, 0.15) is 8.30 Å². The molecule has 2 nitrogen and oxygen atoms in total. The molecule has 1 aliphatic heterocycles. The normalized spacial score (nSPS) is 46.2. The van der Waals surface area contributed by atoms with E-state index >= 15 is 0 Å². The van der Waals surface area contributed by atoms with Gasteiger partial charge in [0.2, 0.25) is 0 Å². The average Bonchev–Trinajstić information content (AvgIpc) is 2.14. The van der Waals surface area contributed by atoms with E-state index in [4.69, 9.17) is 4.52 Å². The lowest BCUT2D eigenvalue weighted by molar-refractivity contribution is -0.0279.